The van der Waals surface area contributed by atoms with E-state index in [0.29, 0.717) is 0 Å². The van der Waals surface area contributed by atoms with Crippen molar-refractivity contribution in [3.05, 3.63) is 0 Å². The van der Waals surface area contributed by atoms with E-state index in [1.807, 2.05) is 18.7 Å². The molecule has 1 aliphatic rings. The van der Waals surface area contributed by atoms with Crippen LogP contribution < -0.4 is 0 Å². The lowest BCUT2D eigenvalue weighted by atomic mass is 10.4. The molecular formula is C7H13Cl3OSSi. The van der Waals surface area contributed by atoms with Crippen molar-refractivity contribution in [2.24, 2.45) is 0 Å². The number of hydrogen-bond acceptors (Lipinski definition) is 2. The molecule has 2 unspecified atom stereocenters. The molecule has 1 aliphatic heterocycles. The summed E-state index contributed by atoms with van der Waals surface area (Å²) in [5.74, 6) is 1.17. The summed E-state index contributed by atoms with van der Waals surface area (Å²) in [7, 11) is 0. The van der Waals surface area contributed by atoms with Gasteiger partial charge in [0.1, 0.15) is 5.44 Å². The zero-order valence-electron chi connectivity index (χ0n) is 7.43. The first-order chi connectivity index (χ1) is 6.04. The van der Waals surface area contributed by atoms with Crippen LogP contribution in [0.4, 0.5) is 0 Å². The molecule has 0 radical (unpaired) electrons. The molecule has 6 heteroatoms. The number of ether oxygens (including phenoxy) is 1. The largest absolute Gasteiger partial charge is 0.369 e. The smallest absolute Gasteiger partial charge is 0.364 e. The molecule has 1 fully saturated rings. The van der Waals surface area contributed by atoms with E-state index in [1.165, 1.54) is 12.2 Å². The maximum atomic E-state index is 5.91. The van der Waals surface area contributed by atoms with Gasteiger partial charge in [-0.3, -0.25) is 0 Å². The standard InChI is InChI=1S/C7H13Cl3OSSi/c1-2-7(13(8,9)10)11-6-4-3-5-12-6/h6-7H,2-5H2,1H3. The van der Waals surface area contributed by atoms with Gasteiger partial charge in [0.05, 0.1) is 5.73 Å². The topological polar surface area (TPSA) is 9.23 Å². The van der Waals surface area contributed by atoms with Crippen molar-refractivity contribution in [1.29, 1.82) is 0 Å². The minimum absolute atomic E-state index is 0.145. The van der Waals surface area contributed by atoms with E-state index in [2.05, 4.69) is 0 Å². The Labute approximate surface area is 98.6 Å². The molecule has 78 valence electrons. The van der Waals surface area contributed by atoms with Gasteiger partial charge in [0.25, 0.3) is 0 Å². The average molecular weight is 280 g/mol. The van der Waals surface area contributed by atoms with Crippen LogP contribution in [0.5, 0.6) is 0 Å². The number of thioether (sulfide) groups is 1. The molecule has 1 nitrogen and oxygen atoms in total. The van der Waals surface area contributed by atoms with Crippen LogP contribution in [0, 0.1) is 0 Å². The lowest BCUT2D eigenvalue weighted by Crippen LogP contribution is -2.35. The second kappa shape index (κ2) is 5.47. The highest BCUT2D eigenvalue weighted by Gasteiger charge is 2.38. The van der Waals surface area contributed by atoms with Gasteiger partial charge in [0.2, 0.25) is 0 Å². The number of halogens is 3. The predicted octanol–water partition coefficient (Wildman–Crippen LogP) is 3.83. The molecule has 0 aromatic carbocycles. The first-order valence-corrected chi connectivity index (χ1v) is 10.5. The van der Waals surface area contributed by atoms with Gasteiger partial charge in [-0.1, -0.05) is 6.92 Å². The Kier molecular flexibility index (Phi) is 5.25. The zero-order valence-corrected chi connectivity index (χ0v) is 11.5. The molecule has 13 heavy (non-hydrogen) atoms. The third-order valence-electron chi connectivity index (χ3n) is 1.94. The minimum atomic E-state index is -2.67. The third-order valence-corrected chi connectivity index (χ3v) is 6.65. The maximum Gasteiger partial charge on any atom is 0.369 e. The summed E-state index contributed by atoms with van der Waals surface area (Å²) in [6.07, 6.45) is 3.10. The lowest BCUT2D eigenvalue weighted by Gasteiger charge is -2.24. The second-order valence-electron chi connectivity index (χ2n) is 3.02. The van der Waals surface area contributed by atoms with Gasteiger partial charge < -0.3 is 4.74 Å². The van der Waals surface area contributed by atoms with E-state index >= 15 is 0 Å². The SMILES string of the molecule is CCC(OC1CCCS1)[Si](Cl)(Cl)Cl. The van der Waals surface area contributed by atoms with E-state index < -0.39 is 6.00 Å². The van der Waals surface area contributed by atoms with Crippen molar-refractivity contribution in [2.45, 2.75) is 37.3 Å². The summed E-state index contributed by atoms with van der Waals surface area (Å²) < 4.78 is 5.75. The Morgan fingerprint density at radius 1 is 1.54 bits per heavy atom. The molecule has 0 aromatic rings. The predicted molar refractivity (Wildman–Crippen MR) is 64.0 cm³/mol. The van der Waals surface area contributed by atoms with Gasteiger partial charge in [-0.05, 0) is 25.0 Å². The number of rotatable bonds is 4. The van der Waals surface area contributed by atoms with Crippen LogP contribution in [-0.2, 0) is 4.74 Å². The fourth-order valence-electron chi connectivity index (χ4n) is 1.24. The summed E-state index contributed by atoms with van der Waals surface area (Å²) in [5, 5.41) is 0. The summed E-state index contributed by atoms with van der Waals surface area (Å²) >= 11 is 19.6. The Morgan fingerprint density at radius 3 is 2.62 bits per heavy atom. The van der Waals surface area contributed by atoms with Crippen LogP contribution in [0.2, 0.25) is 0 Å². The fourth-order valence-corrected chi connectivity index (χ4v) is 5.12. The number of hydrogen-bond donors (Lipinski definition) is 0. The Bertz CT molecular complexity index is 158. The molecule has 0 aromatic heterocycles. The van der Waals surface area contributed by atoms with Crippen molar-refractivity contribution in [2.75, 3.05) is 5.75 Å². The van der Waals surface area contributed by atoms with Crippen LogP contribution in [0.25, 0.3) is 0 Å². The summed E-state index contributed by atoms with van der Waals surface area (Å²) in [5.41, 5.74) is 0.112. The van der Waals surface area contributed by atoms with Crippen molar-refractivity contribution < 1.29 is 4.74 Å². The Morgan fingerprint density at radius 2 is 2.23 bits per heavy atom. The fraction of sp³-hybridized carbons (Fsp3) is 1.00. The molecule has 0 saturated carbocycles. The zero-order chi connectivity index (χ0) is 9.90. The van der Waals surface area contributed by atoms with E-state index in [1.54, 1.807) is 0 Å². The normalized spacial score (nSPS) is 26.3. The van der Waals surface area contributed by atoms with Crippen LogP contribution in [-0.4, -0.2) is 22.9 Å². The molecular weight excluding hydrogens is 267 g/mol. The average Bonchev–Trinajstić information content (AvgIpc) is 2.49. The lowest BCUT2D eigenvalue weighted by molar-refractivity contribution is 0.0802. The minimum Gasteiger partial charge on any atom is -0.364 e. The van der Waals surface area contributed by atoms with Gasteiger partial charge >= 0.3 is 6.00 Å². The summed E-state index contributed by atoms with van der Waals surface area (Å²) in [4.78, 5) is 0. The molecule has 0 bridgehead atoms. The maximum absolute atomic E-state index is 5.91. The molecule has 1 rings (SSSR count). The monoisotopic (exact) mass is 278 g/mol. The van der Waals surface area contributed by atoms with Gasteiger partial charge in [-0.15, -0.1) is 45.0 Å². The van der Waals surface area contributed by atoms with Crippen LogP contribution >= 0.6 is 45.0 Å². The van der Waals surface area contributed by atoms with E-state index in [0.717, 1.165) is 12.8 Å². The van der Waals surface area contributed by atoms with Crippen molar-refractivity contribution in [1.82, 2.24) is 0 Å². The highest BCUT2D eigenvalue weighted by atomic mass is 35.8. The molecule has 2 atom stereocenters. The third kappa shape index (κ3) is 4.18. The highest BCUT2D eigenvalue weighted by molar-refractivity contribution is 8.00. The van der Waals surface area contributed by atoms with Gasteiger partial charge in [-0.2, -0.15) is 0 Å². The van der Waals surface area contributed by atoms with Gasteiger partial charge in [0, 0.05) is 0 Å². The van der Waals surface area contributed by atoms with E-state index in [-0.39, 0.29) is 11.2 Å². The molecule has 1 heterocycles. The van der Waals surface area contributed by atoms with Crippen molar-refractivity contribution >= 4 is 51.0 Å². The molecule has 0 amide bonds. The van der Waals surface area contributed by atoms with E-state index in [9.17, 15) is 0 Å². The quantitative estimate of drug-likeness (QED) is 0.571. The van der Waals surface area contributed by atoms with Crippen LogP contribution in [0.1, 0.15) is 26.2 Å². The Balaban J connectivity index is 2.39. The van der Waals surface area contributed by atoms with Gasteiger partial charge in [0.15, 0.2) is 0 Å². The van der Waals surface area contributed by atoms with Gasteiger partial charge in [-0.25, -0.2) is 0 Å². The first kappa shape index (κ1) is 12.5. The summed E-state index contributed by atoms with van der Waals surface area (Å²) in [6.45, 7) is 2.00. The highest BCUT2D eigenvalue weighted by Crippen LogP contribution is 2.34. The van der Waals surface area contributed by atoms with Crippen molar-refractivity contribution in [3.63, 3.8) is 0 Å². The second-order valence-corrected chi connectivity index (χ2v) is 13.1. The molecule has 0 spiro atoms. The first-order valence-electron chi connectivity index (χ1n) is 4.38. The van der Waals surface area contributed by atoms with Crippen molar-refractivity contribution in [3.8, 4) is 0 Å². The van der Waals surface area contributed by atoms with Crippen LogP contribution in [0.15, 0.2) is 0 Å². The van der Waals surface area contributed by atoms with E-state index in [4.69, 9.17) is 38.0 Å². The molecule has 0 aliphatic carbocycles. The molecule has 1 saturated heterocycles. The summed E-state index contributed by atoms with van der Waals surface area (Å²) in [6, 6.07) is -2.67. The molecule has 0 N–H and O–H groups in total. The Hall–Kier alpha value is 1.40. The van der Waals surface area contributed by atoms with Crippen LogP contribution in [0.3, 0.4) is 0 Å².